The molecule has 9 nitrogen and oxygen atoms in total. The highest BCUT2D eigenvalue weighted by atomic mass is 19.1. The first-order valence-corrected chi connectivity index (χ1v) is 8.52. The topological polar surface area (TPSA) is 110 Å². The lowest BCUT2D eigenvalue weighted by atomic mass is 10.3. The number of nitrogens with zero attached hydrogens (tertiary/aromatic N) is 4. The monoisotopic (exact) mass is 385 g/mol. The molecule has 10 heteroatoms. The van der Waals surface area contributed by atoms with Crippen molar-refractivity contribution in [3.05, 3.63) is 42.5 Å². The van der Waals surface area contributed by atoms with E-state index < -0.39 is 11.9 Å². The van der Waals surface area contributed by atoms with Gasteiger partial charge in [-0.1, -0.05) is 0 Å². The number of fused-ring (bicyclic) bond motifs is 1. The number of morpholine rings is 1. The summed E-state index contributed by atoms with van der Waals surface area (Å²) in [5.74, 6) is 0.513. The van der Waals surface area contributed by atoms with Gasteiger partial charge in [-0.15, -0.1) is 0 Å². The number of aromatic nitrogens is 3. The molecule has 1 aliphatic heterocycles. The van der Waals surface area contributed by atoms with E-state index in [2.05, 4.69) is 19.9 Å². The zero-order valence-electron chi connectivity index (χ0n) is 14.6. The first kappa shape index (κ1) is 17.9. The van der Waals surface area contributed by atoms with E-state index >= 15 is 0 Å². The van der Waals surface area contributed by atoms with E-state index in [1.807, 2.05) is 5.32 Å². The number of halogens is 1. The van der Waals surface area contributed by atoms with E-state index in [0.717, 1.165) is 19.2 Å². The maximum absolute atomic E-state index is 14.0. The van der Waals surface area contributed by atoms with Crippen molar-refractivity contribution in [3.63, 3.8) is 0 Å². The molecule has 0 radical (unpaired) electrons. The van der Waals surface area contributed by atoms with Gasteiger partial charge in [0.1, 0.15) is 11.6 Å². The van der Waals surface area contributed by atoms with Crippen LogP contribution in [0.3, 0.4) is 0 Å². The molecular formula is C18H16FN5O4. The second-order valence-electron chi connectivity index (χ2n) is 5.98. The standard InChI is InChI=1S/C18H16FN5O4/c19-12-9-11(1-2-13(12)22-18(25)26)28-14-3-4-20-17-16(14)21-10-15(23-17)24-5-7-27-8-6-24/h1-4,9-10,22H,5-8H2,(H,25,26). The minimum atomic E-state index is -1.35. The SMILES string of the molecule is O=C(O)Nc1ccc(Oc2ccnc3nc(N4CCOCC4)cnc23)cc1F. The molecular weight excluding hydrogens is 369 g/mol. The lowest BCUT2D eigenvalue weighted by Crippen LogP contribution is -2.36. The van der Waals surface area contributed by atoms with Crippen LogP contribution >= 0.6 is 0 Å². The third-order valence-corrected chi connectivity index (χ3v) is 4.14. The number of hydrogen-bond donors (Lipinski definition) is 2. The Kier molecular flexibility index (Phi) is 4.85. The Morgan fingerprint density at radius 2 is 2.07 bits per heavy atom. The largest absolute Gasteiger partial charge is 0.465 e. The normalized spacial score (nSPS) is 14.1. The predicted molar refractivity (Wildman–Crippen MR) is 98.5 cm³/mol. The van der Waals surface area contributed by atoms with Crippen molar-refractivity contribution in [1.29, 1.82) is 0 Å². The van der Waals surface area contributed by atoms with Crippen molar-refractivity contribution >= 4 is 28.8 Å². The van der Waals surface area contributed by atoms with Gasteiger partial charge in [0, 0.05) is 31.4 Å². The van der Waals surface area contributed by atoms with Gasteiger partial charge in [0.2, 0.25) is 0 Å². The number of pyridine rings is 1. The van der Waals surface area contributed by atoms with Crippen molar-refractivity contribution < 1.29 is 23.8 Å². The third-order valence-electron chi connectivity index (χ3n) is 4.14. The number of anilines is 2. The summed E-state index contributed by atoms with van der Waals surface area (Å²) in [5, 5.41) is 10.7. The van der Waals surface area contributed by atoms with Gasteiger partial charge in [-0.2, -0.15) is 0 Å². The van der Waals surface area contributed by atoms with Gasteiger partial charge in [-0.25, -0.2) is 24.1 Å². The zero-order chi connectivity index (χ0) is 19.5. The van der Waals surface area contributed by atoms with E-state index in [0.29, 0.717) is 35.9 Å². The molecule has 0 aliphatic carbocycles. The van der Waals surface area contributed by atoms with Crippen molar-refractivity contribution in [3.8, 4) is 11.5 Å². The minimum Gasteiger partial charge on any atom is -0.465 e. The van der Waals surface area contributed by atoms with Gasteiger partial charge in [0.05, 0.1) is 25.1 Å². The molecule has 2 aromatic heterocycles. The smallest absolute Gasteiger partial charge is 0.409 e. The summed E-state index contributed by atoms with van der Waals surface area (Å²) in [6.45, 7) is 2.72. The number of nitrogens with one attached hydrogen (secondary N) is 1. The summed E-state index contributed by atoms with van der Waals surface area (Å²) in [4.78, 5) is 25.9. The molecule has 1 aliphatic rings. The van der Waals surface area contributed by atoms with E-state index in [-0.39, 0.29) is 11.4 Å². The Morgan fingerprint density at radius 1 is 1.25 bits per heavy atom. The maximum atomic E-state index is 14.0. The molecule has 0 bridgehead atoms. The molecule has 0 atom stereocenters. The second-order valence-corrected chi connectivity index (χ2v) is 5.98. The van der Waals surface area contributed by atoms with E-state index in [1.165, 1.54) is 18.3 Å². The van der Waals surface area contributed by atoms with Crippen molar-refractivity contribution in [1.82, 2.24) is 15.0 Å². The molecule has 0 unspecified atom stereocenters. The van der Waals surface area contributed by atoms with Crippen LogP contribution in [0.2, 0.25) is 0 Å². The Morgan fingerprint density at radius 3 is 2.82 bits per heavy atom. The highest BCUT2D eigenvalue weighted by Gasteiger charge is 2.16. The first-order chi connectivity index (χ1) is 13.6. The Balaban J connectivity index is 1.60. The highest BCUT2D eigenvalue weighted by Crippen LogP contribution is 2.29. The number of rotatable bonds is 4. The van der Waals surface area contributed by atoms with Crippen LogP contribution < -0.4 is 15.0 Å². The fraction of sp³-hybridized carbons (Fsp3) is 0.222. The summed E-state index contributed by atoms with van der Waals surface area (Å²) in [7, 11) is 0. The Hall–Kier alpha value is -3.53. The average molecular weight is 385 g/mol. The average Bonchev–Trinajstić information content (AvgIpc) is 2.70. The maximum Gasteiger partial charge on any atom is 0.409 e. The molecule has 144 valence electrons. The van der Waals surface area contributed by atoms with E-state index in [9.17, 15) is 9.18 Å². The molecule has 4 rings (SSSR count). The van der Waals surface area contributed by atoms with Crippen LogP contribution in [0.1, 0.15) is 0 Å². The fourth-order valence-electron chi connectivity index (χ4n) is 2.82. The van der Waals surface area contributed by atoms with Gasteiger partial charge in [0.25, 0.3) is 0 Å². The lowest BCUT2D eigenvalue weighted by Gasteiger charge is -2.27. The number of carbonyl (C=O) groups is 1. The van der Waals surface area contributed by atoms with Gasteiger partial charge < -0.3 is 19.5 Å². The van der Waals surface area contributed by atoms with Crippen LogP contribution in [0.15, 0.2) is 36.7 Å². The van der Waals surface area contributed by atoms with Crippen LogP contribution in [0, 0.1) is 5.82 Å². The van der Waals surface area contributed by atoms with E-state index in [1.54, 1.807) is 12.3 Å². The van der Waals surface area contributed by atoms with Crippen molar-refractivity contribution in [2.45, 2.75) is 0 Å². The van der Waals surface area contributed by atoms with Crippen LogP contribution in [-0.2, 0) is 4.74 Å². The number of carboxylic acid groups (broad SMARTS) is 1. The highest BCUT2D eigenvalue weighted by molar-refractivity contribution is 5.83. The molecule has 0 spiro atoms. The van der Waals surface area contributed by atoms with Crippen LogP contribution in [0.5, 0.6) is 11.5 Å². The van der Waals surface area contributed by atoms with Crippen molar-refractivity contribution in [2.24, 2.45) is 0 Å². The fourth-order valence-corrected chi connectivity index (χ4v) is 2.82. The van der Waals surface area contributed by atoms with Crippen LogP contribution in [0.25, 0.3) is 11.2 Å². The molecule has 1 amide bonds. The van der Waals surface area contributed by atoms with Gasteiger partial charge in [-0.05, 0) is 12.1 Å². The van der Waals surface area contributed by atoms with Crippen molar-refractivity contribution in [2.75, 3.05) is 36.5 Å². The predicted octanol–water partition coefficient (Wildman–Crippen LogP) is 2.88. The second kappa shape index (κ2) is 7.61. The Bertz CT molecular complexity index is 1030. The molecule has 2 N–H and O–H groups in total. The molecule has 28 heavy (non-hydrogen) atoms. The summed E-state index contributed by atoms with van der Waals surface area (Å²) in [5.41, 5.74) is 0.688. The Labute approximate surface area is 158 Å². The molecule has 0 saturated carbocycles. The summed E-state index contributed by atoms with van der Waals surface area (Å²) in [6.07, 6.45) is 1.83. The lowest BCUT2D eigenvalue weighted by molar-refractivity contribution is 0.122. The molecule has 3 heterocycles. The minimum absolute atomic E-state index is 0.158. The molecule has 1 saturated heterocycles. The van der Waals surface area contributed by atoms with Gasteiger partial charge in [0.15, 0.2) is 22.7 Å². The first-order valence-electron chi connectivity index (χ1n) is 8.52. The number of ether oxygens (including phenoxy) is 2. The van der Waals surface area contributed by atoms with Gasteiger partial charge in [-0.3, -0.25) is 5.32 Å². The summed E-state index contributed by atoms with van der Waals surface area (Å²) in [6, 6.07) is 5.43. The van der Waals surface area contributed by atoms with Crippen LogP contribution in [-0.4, -0.2) is 52.5 Å². The number of hydrogen-bond acceptors (Lipinski definition) is 7. The summed E-state index contributed by atoms with van der Waals surface area (Å²) < 4.78 is 25.1. The zero-order valence-corrected chi connectivity index (χ0v) is 14.6. The third kappa shape index (κ3) is 3.76. The van der Waals surface area contributed by atoms with E-state index in [4.69, 9.17) is 14.6 Å². The van der Waals surface area contributed by atoms with Gasteiger partial charge >= 0.3 is 6.09 Å². The van der Waals surface area contributed by atoms with Crippen LogP contribution in [0.4, 0.5) is 20.7 Å². The quantitative estimate of drug-likeness (QED) is 0.706. The number of amides is 1. The summed E-state index contributed by atoms with van der Waals surface area (Å²) >= 11 is 0. The molecule has 1 aromatic carbocycles. The molecule has 1 fully saturated rings. The number of benzene rings is 1. The molecule has 3 aromatic rings.